The summed E-state index contributed by atoms with van der Waals surface area (Å²) in [6.45, 7) is 4.32. The van der Waals surface area contributed by atoms with Crippen molar-refractivity contribution in [3.05, 3.63) is 23.8 Å². The van der Waals surface area contributed by atoms with Crippen molar-refractivity contribution in [2.24, 2.45) is 0 Å². The van der Waals surface area contributed by atoms with Crippen LogP contribution in [0.15, 0.2) is 18.2 Å². The maximum Gasteiger partial charge on any atom is 0.352 e. The van der Waals surface area contributed by atoms with Crippen LogP contribution in [0.2, 0.25) is 0 Å². The molecule has 1 atom stereocenters. The van der Waals surface area contributed by atoms with Crippen molar-refractivity contribution in [3.8, 4) is 11.5 Å². The SMILES string of the molecule is CC(=O)OOc1cc(OOC(C)=O)cc(C(C)Br)c1. The summed E-state index contributed by atoms with van der Waals surface area (Å²) in [6.07, 6.45) is 0. The normalized spacial score (nSPS) is 11.4. The molecule has 1 aromatic rings. The van der Waals surface area contributed by atoms with Crippen molar-refractivity contribution >= 4 is 27.9 Å². The first kappa shape index (κ1) is 15.3. The van der Waals surface area contributed by atoms with Crippen LogP contribution in [0, 0.1) is 0 Å². The van der Waals surface area contributed by atoms with E-state index >= 15 is 0 Å². The van der Waals surface area contributed by atoms with Crippen molar-refractivity contribution < 1.29 is 29.1 Å². The third kappa shape index (κ3) is 5.60. The third-order valence-electron chi connectivity index (χ3n) is 1.87. The van der Waals surface area contributed by atoms with Gasteiger partial charge in [0, 0.05) is 24.7 Å². The van der Waals surface area contributed by atoms with E-state index in [-0.39, 0.29) is 16.3 Å². The molecule has 1 aromatic carbocycles. The second kappa shape index (κ2) is 6.98. The highest BCUT2D eigenvalue weighted by Crippen LogP contribution is 2.30. The number of halogens is 1. The first-order valence-corrected chi connectivity index (χ1v) is 6.29. The molecule has 104 valence electrons. The summed E-state index contributed by atoms with van der Waals surface area (Å²) in [7, 11) is 0. The Kier molecular flexibility index (Phi) is 5.62. The average molecular weight is 333 g/mol. The number of carbonyl (C=O) groups excluding carboxylic acids is 2. The molecule has 1 unspecified atom stereocenters. The minimum atomic E-state index is -0.584. The molecule has 0 aromatic heterocycles. The second-order valence-corrected chi connectivity index (χ2v) is 5.04. The first-order valence-electron chi connectivity index (χ1n) is 5.37. The quantitative estimate of drug-likeness (QED) is 0.469. The van der Waals surface area contributed by atoms with Crippen molar-refractivity contribution in [3.63, 3.8) is 0 Å². The van der Waals surface area contributed by atoms with Gasteiger partial charge in [-0.25, -0.2) is 9.59 Å². The Labute approximate surface area is 118 Å². The maximum atomic E-state index is 10.7. The number of benzene rings is 1. The van der Waals surface area contributed by atoms with E-state index in [1.807, 2.05) is 6.92 Å². The topological polar surface area (TPSA) is 71.1 Å². The molecule has 0 saturated heterocycles. The fraction of sp³-hybridized carbons (Fsp3) is 0.333. The highest BCUT2D eigenvalue weighted by Gasteiger charge is 2.10. The lowest BCUT2D eigenvalue weighted by Crippen LogP contribution is -2.05. The lowest BCUT2D eigenvalue weighted by molar-refractivity contribution is -0.213. The predicted molar refractivity (Wildman–Crippen MR) is 68.6 cm³/mol. The molecule has 1 rings (SSSR count). The summed E-state index contributed by atoms with van der Waals surface area (Å²) in [6, 6.07) is 4.73. The summed E-state index contributed by atoms with van der Waals surface area (Å²) in [5.74, 6) is -0.665. The number of carbonyl (C=O) groups is 2. The Hall–Kier alpha value is -1.76. The minimum Gasteiger partial charge on any atom is -0.287 e. The zero-order valence-corrected chi connectivity index (χ0v) is 12.2. The standard InChI is InChI=1S/C12H13BrO6/c1-7(13)10-4-11(18-16-8(2)14)6-12(5-10)19-17-9(3)15/h4-7H,1-3H3. The van der Waals surface area contributed by atoms with Gasteiger partial charge in [0.2, 0.25) is 0 Å². The van der Waals surface area contributed by atoms with Gasteiger partial charge in [-0.1, -0.05) is 15.9 Å². The van der Waals surface area contributed by atoms with Crippen molar-refractivity contribution in [2.75, 3.05) is 0 Å². The van der Waals surface area contributed by atoms with Gasteiger partial charge < -0.3 is 0 Å². The number of rotatable bonds is 5. The fourth-order valence-corrected chi connectivity index (χ4v) is 1.40. The van der Waals surface area contributed by atoms with Gasteiger partial charge >= 0.3 is 11.9 Å². The summed E-state index contributed by atoms with van der Waals surface area (Å²) < 4.78 is 0. The molecule has 0 aliphatic carbocycles. The smallest absolute Gasteiger partial charge is 0.287 e. The number of alkyl halides is 1. The van der Waals surface area contributed by atoms with Crippen LogP contribution in [0.5, 0.6) is 11.5 Å². The maximum absolute atomic E-state index is 10.7. The molecule has 0 fully saturated rings. The summed E-state index contributed by atoms with van der Waals surface area (Å²) >= 11 is 3.38. The molecule has 0 heterocycles. The molecular weight excluding hydrogens is 320 g/mol. The van der Waals surface area contributed by atoms with Gasteiger partial charge in [-0.15, -0.1) is 0 Å². The van der Waals surface area contributed by atoms with Crippen LogP contribution < -0.4 is 9.78 Å². The molecule has 6 nitrogen and oxygen atoms in total. The molecule has 0 radical (unpaired) electrons. The molecule has 0 bridgehead atoms. The zero-order chi connectivity index (χ0) is 14.4. The second-order valence-electron chi connectivity index (χ2n) is 3.67. The summed E-state index contributed by atoms with van der Waals surface area (Å²) in [5, 5.41) is 0. The molecule has 0 spiro atoms. The minimum absolute atomic E-state index is 0.00746. The van der Waals surface area contributed by atoms with Gasteiger partial charge in [0.25, 0.3) is 0 Å². The molecule has 7 heteroatoms. The van der Waals surface area contributed by atoms with Crippen LogP contribution in [0.25, 0.3) is 0 Å². The lowest BCUT2D eigenvalue weighted by Gasteiger charge is -2.10. The summed E-state index contributed by atoms with van der Waals surface area (Å²) in [5.41, 5.74) is 0.798. The van der Waals surface area contributed by atoms with E-state index in [1.165, 1.54) is 19.9 Å². The van der Waals surface area contributed by atoms with Crippen LogP contribution in [-0.2, 0) is 19.4 Å². The predicted octanol–water partition coefficient (Wildman–Crippen LogP) is 2.86. The molecule has 0 saturated carbocycles. The van der Waals surface area contributed by atoms with Crippen molar-refractivity contribution in [1.82, 2.24) is 0 Å². The lowest BCUT2D eigenvalue weighted by atomic mass is 10.1. The van der Waals surface area contributed by atoms with Crippen molar-refractivity contribution in [2.45, 2.75) is 25.6 Å². The van der Waals surface area contributed by atoms with Crippen LogP contribution in [0.3, 0.4) is 0 Å². The number of hydrogen-bond acceptors (Lipinski definition) is 6. The van der Waals surface area contributed by atoms with Crippen LogP contribution in [0.4, 0.5) is 0 Å². The third-order valence-corrected chi connectivity index (χ3v) is 2.40. The summed E-state index contributed by atoms with van der Waals surface area (Å²) in [4.78, 5) is 39.8. The van der Waals surface area contributed by atoms with Gasteiger partial charge in [0.15, 0.2) is 11.5 Å². The van der Waals surface area contributed by atoms with Gasteiger partial charge in [-0.3, -0.25) is 19.6 Å². The molecule has 0 aliphatic heterocycles. The van der Waals surface area contributed by atoms with Gasteiger partial charge in [-0.2, -0.15) is 0 Å². The van der Waals surface area contributed by atoms with E-state index in [0.717, 1.165) is 5.56 Å². The van der Waals surface area contributed by atoms with E-state index in [4.69, 9.17) is 9.78 Å². The van der Waals surface area contributed by atoms with Crippen molar-refractivity contribution in [1.29, 1.82) is 0 Å². The Morgan fingerprint density at radius 1 is 1.00 bits per heavy atom. The highest BCUT2D eigenvalue weighted by atomic mass is 79.9. The van der Waals surface area contributed by atoms with E-state index < -0.39 is 11.9 Å². The average Bonchev–Trinajstić information content (AvgIpc) is 2.33. The Morgan fingerprint density at radius 3 is 1.74 bits per heavy atom. The van der Waals surface area contributed by atoms with E-state index in [0.29, 0.717) is 0 Å². The number of hydrogen-bond donors (Lipinski definition) is 0. The monoisotopic (exact) mass is 332 g/mol. The van der Waals surface area contributed by atoms with Crippen LogP contribution >= 0.6 is 15.9 Å². The highest BCUT2D eigenvalue weighted by molar-refractivity contribution is 9.09. The Balaban J connectivity index is 2.89. The Bertz CT molecular complexity index is 435. The van der Waals surface area contributed by atoms with E-state index in [9.17, 15) is 9.59 Å². The van der Waals surface area contributed by atoms with Gasteiger partial charge in [0.1, 0.15) is 0 Å². The molecule has 0 N–H and O–H groups in total. The molecule has 19 heavy (non-hydrogen) atoms. The van der Waals surface area contributed by atoms with E-state index in [2.05, 4.69) is 25.7 Å². The van der Waals surface area contributed by atoms with Gasteiger partial charge in [0.05, 0.1) is 0 Å². The zero-order valence-electron chi connectivity index (χ0n) is 10.6. The first-order chi connectivity index (χ1) is 8.88. The van der Waals surface area contributed by atoms with Crippen LogP contribution in [-0.4, -0.2) is 11.9 Å². The van der Waals surface area contributed by atoms with Gasteiger partial charge in [-0.05, 0) is 24.6 Å². The largest absolute Gasteiger partial charge is 0.352 e. The van der Waals surface area contributed by atoms with Crippen LogP contribution in [0.1, 0.15) is 31.2 Å². The van der Waals surface area contributed by atoms with E-state index in [1.54, 1.807) is 12.1 Å². The molecular formula is C12H13BrO6. The fourth-order valence-electron chi connectivity index (χ4n) is 1.13. The Morgan fingerprint density at radius 2 is 1.42 bits per heavy atom. The molecule has 0 aliphatic rings. The molecule has 0 amide bonds.